The van der Waals surface area contributed by atoms with Crippen LogP contribution in [0, 0.1) is 11.7 Å². The van der Waals surface area contributed by atoms with E-state index in [1.165, 1.54) is 22.8 Å². The molecule has 0 unspecified atom stereocenters. The van der Waals surface area contributed by atoms with Crippen LogP contribution in [0.5, 0.6) is 11.5 Å². The SMILES string of the molecule is O=c1cc(OCc2ccc(F)cc2)ccn1-c1ccc(OC[C@H](O)C2CC2)cc1. The molecule has 6 heteroatoms. The Balaban J connectivity index is 1.38. The lowest BCUT2D eigenvalue weighted by molar-refractivity contribution is 0.0894. The van der Waals surface area contributed by atoms with Crippen LogP contribution in [-0.2, 0) is 6.61 Å². The van der Waals surface area contributed by atoms with Crippen LogP contribution in [0.2, 0.25) is 0 Å². The van der Waals surface area contributed by atoms with Gasteiger partial charge in [0.1, 0.15) is 30.5 Å². The van der Waals surface area contributed by atoms with Gasteiger partial charge in [0.15, 0.2) is 0 Å². The van der Waals surface area contributed by atoms with E-state index in [-0.39, 0.29) is 24.6 Å². The fourth-order valence-electron chi connectivity index (χ4n) is 3.01. The molecule has 1 atom stereocenters. The summed E-state index contributed by atoms with van der Waals surface area (Å²) >= 11 is 0. The molecule has 5 nitrogen and oxygen atoms in total. The smallest absolute Gasteiger partial charge is 0.258 e. The molecular weight excluding hydrogens is 373 g/mol. The highest BCUT2D eigenvalue weighted by atomic mass is 19.1. The number of pyridine rings is 1. The van der Waals surface area contributed by atoms with Crippen molar-refractivity contribution < 1.29 is 19.0 Å². The number of aliphatic hydroxyl groups excluding tert-OH is 1. The molecule has 150 valence electrons. The lowest BCUT2D eigenvalue weighted by atomic mass is 10.2. The monoisotopic (exact) mass is 395 g/mol. The van der Waals surface area contributed by atoms with Crippen LogP contribution in [-0.4, -0.2) is 22.4 Å². The van der Waals surface area contributed by atoms with E-state index in [9.17, 15) is 14.3 Å². The zero-order chi connectivity index (χ0) is 20.2. The number of hydrogen-bond donors (Lipinski definition) is 1. The molecule has 1 heterocycles. The van der Waals surface area contributed by atoms with Gasteiger partial charge in [0.05, 0.1) is 6.10 Å². The molecule has 0 spiro atoms. The van der Waals surface area contributed by atoms with Gasteiger partial charge in [0.25, 0.3) is 5.56 Å². The van der Waals surface area contributed by atoms with E-state index in [0.29, 0.717) is 23.1 Å². The maximum absolute atomic E-state index is 12.9. The fraction of sp³-hybridized carbons (Fsp3) is 0.261. The molecule has 0 aliphatic heterocycles. The van der Waals surface area contributed by atoms with Crippen molar-refractivity contribution in [1.82, 2.24) is 4.57 Å². The predicted octanol–water partition coefficient (Wildman–Crippen LogP) is 3.71. The predicted molar refractivity (Wildman–Crippen MR) is 107 cm³/mol. The lowest BCUT2D eigenvalue weighted by Gasteiger charge is -2.12. The van der Waals surface area contributed by atoms with E-state index in [2.05, 4.69) is 0 Å². The van der Waals surface area contributed by atoms with Crippen LogP contribution < -0.4 is 15.0 Å². The lowest BCUT2D eigenvalue weighted by Crippen LogP contribution is -2.19. The molecule has 1 aliphatic rings. The maximum Gasteiger partial charge on any atom is 0.258 e. The average molecular weight is 395 g/mol. The van der Waals surface area contributed by atoms with Crippen molar-refractivity contribution >= 4 is 0 Å². The minimum atomic E-state index is -0.417. The number of nitrogens with zero attached hydrogens (tertiary/aromatic N) is 1. The number of aliphatic hydroxyl groups is 1. The van der Waals surface area contributed by atoms with Crippen molar-refractivity contribution in [3.05, 3.63) is 88.6 Å². The Morgan fingerprint density at radius 3 is 2.38 bits per heavy atom. The molecular formula is C23H22FNO4. The quantitative estimate of drug-likeness (QED) is 0.632. The molecule has 0 radical (unpaired) electrons. The number of benzene rings is 2. The highest BCUT2D eigenvalue weighted by molar-refractivity contribution is 5.38. The van der Waals surface area contributed by atoms with E-state index in [1.54, 1.807) is 48.7 Å². The molecule has 0 bridgehead atoms. The third kappa shape index (κ3) is 5.03. The minimum Gasteiger partial charge on any atom is -0.491 e. The first-order chi connectivity index (χ1) is 14.1. The molecule has 4 rings (SSSR count). The summed E-state index contributed by atoms with van der Waals surface area (Å²) in [6.07, 6.45) is 3.36. The second-order valence-corrected chi connectivity index (χ2v) is 7.20. The Bertz CT molecular complexity index is 1010. The molecule has 3 aromatic rings. The van der Waals surface area contributed by atoms with Gasteiger partial charge in [-0.05, 0) is 66.8 Å². The topological polar surface area (TPSA) is 60.7 Å². The molecule has 0 amide bonds. The van der Waals surface area contributed by atoms with Crippen molar-refractivity contribution in [3.8, 4) is 17.2 Å². The number of hydrogen-bond acceptors (Lipinski definition) is 4. The second-order valence-electron chi connectivity index (χ2n) is 7.20. The fourth-order valence-corrected chi connectivity index (χ4v) is 3.01. The van der Waals surface area contributed by atoms with Crippen LogP contribution in [0.1, 0.15) is 18.4 Å². The van der Waals surface area contributed by atoms with Gasteiger partial charge in [-0.1, -0.05) is 12.1 Å². The van der Waals surface area contributed by atoms with Crippen LogP contribution in [0.3, 0.4) is 0 Å². The number of ether oxygens (including phenoxy) is 2. The van der Waals surface area contributed by atoms with Crippen LogP contribution in [0.4, 0.5) is 4.39 Å². The van der Waals surface area contributed by atoms with Crippen molar-refractivity contribution in [2.24, 2.45) is 5.92 Å². The molecule has 0 saturated heterocycles. The van der Waals surface area contributed by atoms with Gasteiger partial charge < -0.3 is 14.6 Å². The molecule has 1 aromatic heterocycles. The van der Waals surface area contributed by atoms with E-state index in [4.69, 9.17) is 9.47 Å². The Morgan fingerprint density at radius 1 is 1.00 bits per heavy atom. The van der Waals surface area contributed by atoms with E-state index in [1.807, 2.05) is 0 Å². The summed E-state index contributed by atoms with van der Waals surface area (Å²) < 4.78 is 25.7. The average Bonchev–Trinajstić information content (AvgIpc) is 3.58. The van der Waals surface area contributed by atoms with Crippen LogP contribution in [0.15, 0.2) is 71.7 Å². The Labute approximate surface area is 168 Å². The molecule has 2 aromatic carbocycles. The van der Waals surface area contributed by atoms with Crippen molar-refractivity contribution in [1.29, 1.82) is 0 Å². The Morgan fingerprint density at radius 2 is 1.72 bits per heavy atom. The van der Waals surface area contributed by atoms with Gasteiger partial charge in [-0.25, -0.2) is 4.39 Å². The summed E-state index contributed by atoms with van der Waals surface area (Å²) in [6.45, 7) is 0.534. The minimum absolute atomic E-state index is 0.223. The highest BCUT2D eigenvalue weighted by Gasteiger charge is 2.29. The number of rotatable bonds is 8. The zero-order valence-electron chi connectivity index (χ0n) is 15.8. The number of halogens is 1. The van der Waals surface area contributed by atoms with Crippen molar-refractivity contribution in [3.63, 3.8) is 0 Å². The van der Waals surface area contributed by atoms with E-state index >= 15 is 0 Å². The maximum atomic E-state index is 12.9. The molecule has 1 N–H and O–H groups in total. The molecule has 1 saturated carbocycles. The Kier molecular flexibility index (Phi) is 5.62. The highest BCUT2D eigenvalue weighted by Crippen LogP contribution is 2.32. The molecule has 29 heavy (non-hydrogen) atoms. The van der Waals surface area contributed by atoms with Crippen molar-refractivity contribution in [2.75, 3.05) is 6.61 Å². The van der Waals surface area contributed by atoms with Gasteiger partial charge in [0.2, 0.25) is 0 Å². The summed E-state index contributed by atoms with van der Waals surface area (Å²) in [4.78, 5) is 12.4. The summed E-state index contributed by atoms with van der Waals surface area (Å²) in [5.41, 5.74) is 1.30. The second kappa shape index (κ2) is 8.49. The molecule has 1 fully saturated rings. The summed E-state index contributed by atoms with van der Waals surface area (Å²) in [5.74, 6) is 1.17. The summed E-state index contributed by atoms with van der Waals surface area (Å²) in [7, 11) is 0. The van der Waals surface area contributed by atoms with E-state index < -0.39 is 6.10 Å². The molecule has 1 aliphatic carbocycles. The van der Waals surface area contributed by atoms with Gasteiger partial charge in [0, 0.05) is 18.0 Å². The zero-order valence-corrected chi connectivity index (χ0v) is 15.8. The first-order valence-corrected chi connectivity index (χ1v) is 9.60. The van der Waals surface area contributed by atoms with Gasteiger partial charge >= 0.3 is 0 Å². The normalized spacial score (nSPS) is 14.4. The van der Waals surface area contributed by atoms with Gasteiger partial charge in [-0.2, -0.15) is 0 Å². The van der Waals surface area contributed by atoms with Crippen LogP contribution in [0.25, 0.3) is 5.69 Å². The largest absolute Gasteiger partial charge is 0.491 e. The standard InChI is InChI=1S/C23H22FNO4/c24-18-5-1-16(2-6-18)14-28-21-11-12-25(23(27)13-21)19-7-9-20(10-8-19)29-15-22(26)17-3-4-17/h1-2,5-13,17,22,26H,3-4,14-15H2/t22-/m0/s1. The first-order valence-electron chi connectivity index (χ1n) is 9.60. The van der Waals surface area contributed by atoms with Crippen LogP contribution >= 0.6 is 0 Å². The van der Waals surface area contributed by atoms with Gasteiger partial charge in [-0.15, -0.1) is 0 Å². The number of aromatic nitrogens is 1. The summed E-state index contributed by atoms with van der Waals surface area (Å²) in [5, 5.41) is 9.87. The van der Waals surface area contributed by atoms with Crippen molar-refractivity contribution in [2.45, 2.75) is 25.6 Å². The summed E-state index contributed by atoms with van der Waals surface area (Å²) in [6, 6.07) is 16.3. The third-order valence-electron chi connectivity index (χ3n) is 4.91. The van der Waals surface area contributed by atoms with Gasteiger partial charge in [-0.3, -0.25) is 9.36 Å². The van der Waals surface area contributed by atoms with E-state index in [0.717, 1.165) is 18.4 Å². The Hall–Kier alpha value is -3.12. The first kappa shape index (κ1) is 19.2. The third-order valence-corrected chi connectivity index (χ3v) is 4.91.